The molecule has 0 radical (unpaired) electrons. The summed E-state index contributed by atoms with van der Waals surface area (Å²) >= 11 is 0. The Hall–Kier alpha value is -1.24. The Bertz CT molecular complexity index is 432. The van der Waals surface area contributed by atoms with E-state index >= 15 is 0 Å². The predicted molar refractivity (Wildman–Crippen MR) is 71.8 cm³/mol. The normalized spacial score (nSPS) is 29.4. The van der Waals surface area contributed by atoms with E-state index in [1.54, 1.807) is 4.90 Å². The molecule has 3 aliphatic rings. The maximum absolute atomic E-state index is 13.1. The third kappa shape index (κ3) is 3.51. The van der Waals surface area contributed by atoms with Crippen LogP contribution in [0.5, 0.6) is 0 Å². The SMILES string of the molecule is O=C(NC1CCN(C(=O)C2CC(F)(F)CN2)CC1)C1CC1. The summed E-state index contributed by atoms with van der Waals surface area (Å²) in [5.41, 5.74) is 0. The van der Waals surface area contributed by atoms with Gasteiger partial charge in [0.15, 0.2) is 0 Å². The number of carbonyl (C=O) groups is 2. The summed E-state index contributed by atoms with van der Waals surface area (Å²) in [6.07, 6.45) is 2.94. The van der Waals surface area contributed by atoms with E-state index in [1.165, 1.54) is 0 Å². The van der Waals surface area contributed by atoms with Crippen molar-refractivity contribution >= 4 is 11.8 Å². The molecule has 21 heavy (non-hydrogen) atoms. The number of nitrogens with one attached hydrogen (secondary N) is 2. The van der Waals surface area contributed by atoms with Crippen LogP contribution in [0.15, 0.2) is 0 Å². The fourth-order valence-electron chi connectivity index (χ4n) is 3.02. The Balaban J connectivity index is 1.44. The quantitative estimate of drug-likeness (QED) is 0.798. The molecule has 1 unspecified atom stereocenters. The van der Waals surface area contributed by atoms with Gasteiger partial charge < -0.3 is 10.2 Å². The molecule has 0 aromatic rings. The minimum atomic E-state index is -2.78. The van der Waals surface area contributed by atoms with Crippen molar-refractivity contribution in [1.29, 1.82) is 0 Å². The van der Waals surface area contributed by atoms with Crippen LogP contribution in [0, 0.1) is 5.92 Å². The van der Waals surface area contributed by atoms with Gasteiger partial charge in [-0.25, -0.2) is 8.78 Å². The molecule has 3 rings (SSSR count). The van der Waals surface area contributed by atoms with Crippen molar-refractivity contribution < 1.29 is 18.4 Å². The number of rotatable bonds is 3. The number of nitrogens with zero attached hydrogens (tertiary/aromatic N) is 1. The molecule has 1 saturated carbocycles. The van der Waals surface area contributed by atoms with Crippen LogP contribution in [0.25, 0.3) is 0 Å². The lowest BCUT2D eigenvalue weighted by Gasteiger charge is -2.33. The summed E-state index contributed by atoms with van der Waals surface area (Å²) in [4.78, 5) is 25.5. The lowest BCUT2D eigenvalue weighted by molar-refractivity contribution is -0.135. The lowest BCUT2D eigenvalue weighted by Crippen LogP contribution is -2.51. The third-order valence-corrected chi connectivity index (χ3v) is 4.51. The van der Waals surface area contributed by atoms with Crippen molar-refractivity contribution in [2.45, 2.75) is 50.1 Å². The van der Waals surface area contributed by atoms with Gasteiger partial charge in [0.2, 0.25) is 11.8 Å². The first-order valence-electron chi connectivity index (χ1n) is 7.65. The van der Waals surface area contributed by atoms with Crippen molar-refractivity contribution in [2.75, 3.05) is 19.6 Å². The van der Waals surface area contributed by atoms with E-state index in [2.05, 4.69) is 10.6 Å². The molecule has 7 heteroatoms. The minimum absolute atomic E-state index is 0.111. The maximum atomic E-state index is 13.1. The highest BCUT2D eigenvalue weighted by Crippen LogP contribution is 2.29. The molecule has 0 aromatic carbocycles. The molecule has 2 heterocycles. The second-order valence-corrected chi connectivity index (χ2v) is 6.38. The molecule has 2 saturated heterocycles. The molecule has 2 aliphatic heterocycles. The Morgan fingerprint density at radius 2 is 1.81 bits per heavy atom. The number of piperidine rings is 1. The topological polar surface area (TPSA) is 61.4 Å². The highest BCUT2D eigenvalue weighted by molar-refractivity contribution is 5.83. The van der Waals surface area contributed by atoms with Crippen LogP contribution >= 0.6 is 0 Å². The molecule has 118 valence electrons. The van der Waals surface area contributed by atoms with Crippen molar-refractivity contribution in [1.82, 2.24) is 15.5 Å². The van der Waals surface area contributed by atoms with Crippen LogP contribution in [0.3, 0.4) is 0 Å². The van der Waals surface area contributed by atoms with Crippen molar-refractivity contribution in [3.63, 3.8) is 0 Å². The summed E-state index contributed by atoms with van der Waals surface area (Å²) in [5, 5.41) is 5.61. The van der Waals surface area contributed by atoms with Crippen LogP contribution < -0.4 is 10.6 Å². The van der Waals surface area contributed by atoms with Gasteiger partial charge in [-0.1, -0.05) is 0 Å². The predicted octanol–water partition coefficient (Wildman–Crippen LogP) is 0.501. The molecule has 2 amide bonds. The molecule has 2 N–H and O–H groups in total. The van der Waals surface area contributed by atoms with E-state index < -0.39 is 24.9 Å². The average molecular weight is 301 g/mol. The second kappa shape index (κ2) is 5.51. The first-order valence-corrected chi connectivity index (χ1v) is 7.65. The van der Waals surface area contributed by atoms with E-state index in [4.69, 9.17) is 0 Å². The molecule has 0 spiro atoms. The highest BCUT2D eigenvalue weighted by Gasteiger charge is 2.44. The summed E-state index contributed by atoms with van der Waals surface area (Å²) in [6.45, 7) is 0.633. The lowest BCUT2D eigenvalue weighted by atomic mass is 10.0. The fraction of sp³-hybridized carbons (Fsp3) is 0.857. The van der Waals surface area contributed by atoms with E-state index in [-0.39, 0.29) is 23.8 Å². The largest absolute Gasteiger partial charge is 0.353 e. The molecule has 0 aromatic heterocycles. The Morgan fingerprint density at radius 1 is 1.14 bits per heavy atom. The minimum Gasteiger partial charge on any atom is -0.353 e. The summed E-state index contributed by atoms with van der Waals surface area (Å²) in [5.74, 6) is -2.71. The number of alkyl halides is 2. The van der Waals surface area contributed by atoms with E-state index in [0.29, 0.717) is 25.9 Å². The van der Waals surface area contributed by atoms with Crippen molar-refractivity contribution in [3.8, 4) is 0 Å². The van der Waals surface area contributed by atoms with Crippen LogP contribution in [0.2, 0.25) is 0 Å². The molecule has 1 aliphatic carbocycles. The number of amides is 2. The first-order chi connectivity index (χ1) is 9.94. The number of carbonyl (C=O) groups excluding carboxylic acids is 2. The van der Waals surface area contributed by atoms with Gasteiger partial charge in [-0.2, -0.15) is 0 Å². The molecule has 5 nitrogen and oxygen atoms in total. The van der Waals surface area contributed by atoms with E-state index in [9.17, 15) is 18.4 Å². The third-order valence-electron chi connectivity index (χ3n) is 4.51. The Labute approximate surface area is 122 Å². The molecule has 0 bridgehead atoms. The van der Waals surface area contributed by atoms with Crippen LogP contribution in [0.1, 0.15) is 32.1 Å². The summed E-state index contributed by atoms with van der Waals surface area (Å²) < 4.78 is 26.3. The van der Waals surface area contributed by atoms with Crippen LogP contribution in [0.4, 0.5) is 8.78 Å². The van der Waals surface area contributed by atoms with Crippen LogP contribution in [-0.4, -0.2) is 54.4 Å². The van der Waals surface area contributed by atoms with E-state index in [0.717, 1.165) is 12.8 Å². The monoisotopic (exact) mass is 301 g/mol. The van der Waals surface area contributed by atoms with Gasteiger partial charge in [0.05, 0.1) is 12.6 Å². The average Bonchev–Trinajstić information content (AvgIpc) is 3.23. The van der Waals surface area contributed by atoms with Gasteiger partial charge in [0, 0.05) is 31.5 Å². The maximum Gasteiger partial charge on any atom is 0.262 e. The van der Waals surface area contributed by atoms with E-state index in [1.807, 2.05) is 0 Å². The smallest absolute Gasteiger partial charge is 0.262 e. The Morgan fingerprint density at radius 3 is 2.33 bits per heavy atom. The molecule has 3 fully saturated rings. The standard InChI is InChI=1S/C14H21F2N3O2/c15-14(16)7-11(17-8-14)13(21)19-5-3-10(4-6-19)18-12(20)9-1-2-9/h9-11,17H,1-8H2,(H,18,20). The van der Waals surface area contributed by atoms with Gasteiger partial charge in [0.1, 0.15) is 0 Å². The van der Waals surface area contributed by atoms with Gasteiger partial charge >= 0.3 is 0 Å². The number of halogens is 2. The molecular weight excluding hydrogens is 280 g/mol. The highest BCUT2D eigenvalue weighted by atomic mass is 19.3. The molecule has 1 atom stereocenters. The zero-order valence-corrected chi connectivity index (χ0v) is 11.9. The van der Waals surface area contributed by atoms with Gasteiger partial charge in [0.25, 0.3) is 5.92 Å². The Kier molecular flexibility index (Phi) is 3.86. The summed E-state index contributed by atoms with van der Waals surface area (Å²) in [7, 11) is 0. The summed E-state index contributed by atoms with van der Waals surface area (Å²) in [6, 6.07) is -0.655. The van der Waals surface area contributed by atoms with Gasteiger partial charge in [-0.3, -0.25) is 14.9 Å². The fourth-order valence-corrected chi connectivity index (χ4v) is 3.02. The molecular formula is C14H21F2N3O2. The number of hydrogen-bond acceptors (Lipinski definition) is 3. The zero-order valence-electron chi connectivity index (χ0n) is 11.9. The van der Waals surface area contributed by atoms with Gasteiger partial charge in [-0.15, -0.1) is 0 Å². The van der Waals surface area contributed by atoms with Gasteiger partial charge in [-0.05, 0) is 25.7 Å². The first kappa shape index (κ1) is 14.7. The van der Waals surface area contributed by atoms with Crippen molar-refractivity contribution in [2.24, 2.45) is 5.92 Å². The zero-order chi connectivity index (χ0) is 15.0. The number of likely N-dealkylation sites (tertiary alicyclic amines) is 1. The second-order valence-electron chi connectivity index (χ2n) is 6.38. The number of hydrogen-bond donors (Lipinski definition) is 2. The van der Waals surface area contributed by atoms with Crippen LogP contribution in [-0.2, 0) is 9.59 Å². The van der Waals surface area contributed by atoms with Crippen molar-refractivity contribution in [3.05, 3.63) is 0 Å².